The Kier molecular flexibility index (Phi) is 4.89. The lowest BCUT2D eigenvalue weighted by atomic mass is 9.86. The second-order valence-electron chi connectivity index (χ2n) is 6.23. The van der Waals surface area contributed by atoms with Crippen molar-refractivity contribution in [2.45, 2.75) is 70.4 Å². The summed E-state index contributed by atoms with van der Waals surface area (Å²) < 4.78 is 8.63. The molecule has 112 valence electrons. The van der Waals surface area contributed by atoms with Crippen LogP contribution in [-0.2, 0) is 17.7 Å². The van der Waals surface area contributed by atoms with Crippen LogP contribution >= 0.6 is 12.2 Å². The first-order valence-electron chi connectivity index (χ1n) is 8.08. The SMILES string of the molecule is S=c1[nH]nc(CCC2CCCCC2)n1CC1CCCO1. The molecule has 0 radical (unpaired) electrons. The fourth-order valence-electron chi connectivity index (χ4n) is 3.53. The van der Waals surface area contributed by atoms with E-state index in [4.69, 9.17) is 17.0 Å². The highest BCUT2D eigenvalue weighted by Gasteiger charge is 2.19. The maximum absolute atomic E-state index is 5.72. The quantitative estimate of drug-likeness (QED) is 0.843. The smallest absolute Gasteiger partial charge is 0.195 e. The van der Waals surface area contributed by atoms with Gasteiger partial charge in [-0.15, -0.1) is 0 Å². The van der Waals surface area contributed by atoms with E-state index in [0.717, 1.165) is 42.5 Å². The molecule has 1 unspecified atom stereocenters. The van der Waals surface area contributed by atoms with E-state index in [9.17, 15) is 0 Å². The maximum atomic E-state index is 5.72. The third kappa shape index (κ3) is 3.50. The molecule has 4 nitrogen and oxygen atoms in total. The van der Waals surface area contributed by atoms with Crippen LogP contribution in [0.15, 0.2) is 0 Å². The van der Waals surface area contributed by atoms with Crippen molar-refractivity contribution in [2.75, 3.05) is 6.61 Å². The molecule has 1 aromatic heterocycles. The summed E-state index contributed by atoms with van der Waals surface area (Å²) in [6.45, 7) is 1.77. The molecule has 0 spiro atoms. The Morgan fingerprint density at radius 2 is 2.05 bits per heavy atom. The molecule has 3 rings (SSSR count). The van der Waals surface area contributed by atoms with E-state index in [1.807, 2.05) is 0 Å². The Morgan fingerprint density at radius 1 is 1.20 bits per heavy atom. The van der Waals surface area contributed by atoms with Gasteiger partial charge < -0.3 is 9.30 Å². The number of nitrogens with one attached hydrogen (secondary N) is 1. The van der Waals surface area contributed by atoms with Gasteiger partial charge in [0, 0.05) is 13.0 Å². The summed E-state index contributed by atoms with van der Waals surface area (Å²) in [6, 6.07) is 0. The van der Waals surface area contributed by atoms with E-state index in [0.29, 0.717) is 6.10 Å². The lowest BCUT2D eigenvalue weighted by Crippen LogP contribution is -2.18. The fourth-order valence-corrected chi connectivity index (χ4v) is 3.76. The van der Waals surface area contributed by atoms with Crippen LogP contribution < -0.4 is 0 Å². The molecular formula is C15H25N3OS. The number of H-pyrrole nitrogens is 1. The topological polar surface area (TPSA) is 42.8 Å². The van der Waals surface area contributed by atoms with E-state index in [2.05, 4.69) is 14.8 Å². The minimum atomic E-state index is 0.327. The van der Waals surface area contributed by atoms with Gasteiger partial charge in [0.15, 0.2) is 4.77 Å². The molecule has 5 heteroatoms. The van der Waals surface area contributed by atoms with Gasteiger partial charge in [-0.3, -0.25) is 5.10 Å². The van der Waals surface area contributed by atoms with E-state index >= 15 is 0 Å². The number of aromatic amines is 1. The molecule has 2 heterocycles. The Bertz CT molecular complexity index is 470. The highest BCUT2D eigenvalue weighted by Crippen LogP contribution is 2.27. The standard InChI is InChI=1S/C15H25N3OS/c20-15-17-16-14(9-8-12-5-2-1-3-6-12)18(15)11-13-7-4-10-19-13/h12-13H,1-11H2,(H,17,20). The van der Waals surface area contributed by atoms with Crippen LogP contribution in [0.1, 0.15) is 57.2 Å². The molecule has 1 aliphatic heterocycles. The van der Waals surface area contributed by atoms with Gasteiger partial charge in [-0.05, 0) is 37.4 Å². The zero-order chi connectivity index (χ0) is 13.8. The molecule has 2 aliphatic rings. The summed E-state index contributed by atoms with van der Waals surface area (Å²) in [4.78, 5) is 0. The number of ether oxygens (including phenoxy) is 1. The summed E-state index contributed by atoms with van der Waals surface area (Å²) in [7, 11) is 0. The summed E-state index contributed by atoms with van der Waals surface area (Å²) in [5, 5.41) is 7.39. The average molecular weight is 295 g/mol. The van der Waals surface area contributed by atoms with Crippen molar-refractivity contribution in [2.24, 2.45) is 5.92 Å². The average Bonchev–Trinajstić information content (AvgIpc) is 3.10. The molecule has 2 fully saturated rings. The molecule has 1 saturated carbocycles. The van der Waals surface area contributed by atoms with Gasteiger partial charge in [-0.2, -0.15) is 5.10 Å². The fraction of sp³-hybridized carbons (Fsp3) is 0.867. The Balaban J connectivity index is 1.59. The first kappa shape index (κ1) is 14.3. The summed E-state index contributed by atoms with van der Waals surface area (Å²) in [5.74, 6) is 2.02. The molecule has 0 bridgehead atoms. The van der Waals surface area contributed by atoms with Crippen molar-refractivity contribution < 1.29 is 4.74 Å². The number of hydrogen-bond acceptors (Lipinski definition) is 3. The van der Waals surface area contributed by atoms with Crippen molar-refractivity contribution in [3.8, 4) is 0 Å². The van der Waals surface area contributed by atoms with E-state index in [1.54, 1.807) is 0 Å². The van der Waals surface area contributed by atoms with Crippen LogP contribution in [0.3, 0.4) is 0 Å². The van der Waals surface area contributed by atoms with Gasteiger partial charge in [-0.25, -0.2) is 0 Å². The summed E-state index contributed by atoms with van der Waals surface area (Å²) >= 11 is 5.37. The van der Waals surface area contributed by atoms with Crippen LogP contribution in [0.4, 0.5) is 0 Å². The molecule has 1 N–H and O–H groups in total. The van der Waals surface area contributed by atoms with Gasteiger partial charge in [-0.1, -0.05) is 32.1 Å². The normalized spacial score (nSPS) is 24.3. The second kappa shape index (κ2) is 6.85. The molecule has 1 atom stereocenters. The van der Waals surface area contributed by atoms with Crippen molar-refractivity contribution in [3.05, 3.63) is 10.6 Å². The minimum Gasteiger partial charge on any atom is -0.376 e. The molecule has 1 aromatic rings. The van der Waals surface area contributed by atoms with Crippen molar-refractivity contribution in [1.29, 1.82) is 0 Å². The Hall–Kier alpha value is -0.680. The maximum Gasteiger partial charge on any atom is 0.195 e. The Morgan fingerprint density at radius 3 is 2.80 bits per heavy atom. The van der Waals surface area contributed by atoms with Crippen LogP contribution in [-0.4, -0.2) is 27.5 Å². The van der Waals surface area contributed by atoms with Crippen molar-refractivity contribution >= 4 is 12.2 Å². The van der Waals surface area contributed by atoms with Crippen LogP contribution in [0, 0.1) is 10.7 Å². The molecular weight excluding hydrogens is 270 g/mol. The van der Waals surface area contributed by atoms with Gasteiger partial charge in [0.05, 0.1) is 12.6 Å². The summed E-state index contributed by atoms with van der Waals surface area (Å²) in [6.07, 6.45) is 12.0. The molecule has 20 heavy (non-hydrogen) atoms. The number of nitrogens with zero attached hydrogens (tertiary/aromatic N) is 2. The lowest BCUT2D eigenvalue weighted by molar-refractivity contribution is 0.0958. The van der Waals surface area contributed by atoms with Gasteiger partial charge in [0.25, 0.3) is 0 Å². The Labute approximate surface area is 125 Å². The monoisotopic (exact) mass is 295 g/mol. The summed E-state index contributed by atoms with van der Waals surface area (Å²) in [5.41, 5.74) is 0. The van der Waals surface area contributed by atoms with Gasteiger partial charge in [0.1, 0.15) is 5.82 Å². The first-order chi connectivity index (χ1) is 9.83. The van der Waals surface area contributed by atoms with Crippen LogP contribution in [0.25, 0.3) is 0 Å². The highest BCUT2D eigenvalue weighted by molar-refractivity contribution is 7.71. The predicted octanol–water partition coefficient (Wildman–Crippen LogP) is 3.63. The first-order valence-corrected chi connectivity index (χ1v) is 8.49. The predicted molar refractivity (Wildman–Crippen MR) is 81.3 cm³/mol. The van der Waals surface area contributed by atoms with Gasteiger partial charge in [0.2, 0.25) is 0 Å². The van der Waals surface area contributed by atoms with E-state index in [1.165, 1.54) is 44.9 Å². The third-order valence-electron chi connectivity index (χ3n) is 4.75. The second-order valence-corrected chi connectivity index (χ2v) is 6.62. The zero-order valence-electron chi connectivity index (χ0n) is 12.1. The van der Waals surface area contributed by atoms with E-state index in [-0.39, 0.29) is 0 Å². The number of aromatic nitrogens is 3. The zero-order valence-corrected chi connectivity index (χ0v) is 13.0. The van der Waals surface area contributed by atoms with Gasteiger partial charge >= 0.3 is 0 Å². The molecule has 0 amide bonds. The number of rotatable bonds is 5. The molecule has 1 aliphatic carbocycles. The number of hydrogen-bond donors (Lipinski definition) is 1. The van der Waals surface area contributed by atoms with Crippen molar-refractivity contribution in [3.63, 3.8) is 0 Å². The van der Waals surface area contributed by atoms with E-state index < -0.39 is 0 Å². The largest absolute Gasteiger partial charge is 0.376 e. The molecule has 0 aromatic carbocycles. The van der Waals surface area contributed by atoms with Crippen LogP contribution in [0.5, 0.6) is 0 Å². The number of aryl methyl sites for hydroxylation is 1. The third-order valence-corrected chi connectivity index (χ3v) is 5.06. The highest BCUT2D eigenvalue weighted by atomic mass is 32.1. The molecule has 1 saturated heterocycles. The van der Waals surface area contributed by atoms with Crippen LogP contribution in [0.2, 0.25) is 0 Å². The minimum absolute atomic E-state index is 0.327. The van der Waals surface area contributed by atoms with Crippen molar-refractivity contribution in [1.82, 2.24) is 14.8 Å². The lowest BCUT2D eigenvalue weighted by Gasteiger charge is -2.21.